The molecule has 5 heteroatoms. The van der Waals surface area contributed by atoms with Crippen molar-refractivity contribution in [3.63, 3.8) is 0 Å². The fourth-order valence-electron chi connectivity index (χ4n) is 1.26. The second-order valence-corrected chi connectivity index (χ2v) is 5.16. The molecule has 0 bridgehead atoms. The lowest BCUT2D eigenvalue weighted by atomic mass is 10.1. The van der Waals surface area contributed by atoms with Gasteiger partial charge in [-0.2, -0.15) is 0 Å². The Morgan fingerprint density at radius 1 is 1.62 bits per heavy atom. The van der Waals surface area contributed by atoms with Gasteiger partial charge in [0.25, 0.3) is 0 Å². The molecule has 0 heterocycles. The summed E-state index contributed by atoms with van der Waals surface area (Å²) in [5.74, 6) is -0.190. The lowest BCUT2D eigenvalue weighted by molar-refractivity contribution is -0.117. The quantitative estimate of drug-likeness (QED) is 0.819. The van der Waals surface area contributed by atoms with Gasteiger partial charge in [0.2, 0.25) is 5.91 Å². The molecule has 0 aliphatic carbocycles. The minimum absolute atomic E-state index is 0.190. The van der Waals surface area contributed by atoms with Crippen LogP contribution in [0.4, 0.5) is 5.69 Å². The molecule has 3 nitrogen and oxygen atoms in total. The molecule has 0 aromatic heterocycles. The number of hydrogen-bond acceptors (Lipinski definition) is 2. The van der Waals surface area contributed by atoms with Crippen LogP contribution < -0.4 is 11.1 Å². The van der Waals surface area contributed by atoms with Crippen LogP contribution in [-0.2, 0) is 4.79 Å². The topological polar surface area (TPSA) is 55.1 Å². The molecule has 0 aliphatic rings. The van der Waals surface area contributed by atoms with Gasteiger partial charge in [0.05, 0.1) is 16.8 Å². The normalized spacial score (nSPS) is 12.2. The Bertz CT molecular complexity index is 384. The molecule has 0 radical (unpaired) electrons. The van der Waals surface area contributed by atoms with Crippen LogP contribution in [-0.4, -0.2) is 11.9 Å². The van der Waals surface area contributed by atoms with Crippen LogP contribution in [0.3, 0.4) is 0 Å². The predicted molar refractivity (Wildman–Crippen MR) is 75.7 cm³/mol. The first-order valence-corrected chi connectivity index (χ1v) is 6.51. The van der Waals surface area contributed by atoms with E-state index in [1.165, 1.54) is 0 Å². The lowest BCUT2D eigenvalue weighted by Gasteiger charge is -2.12. The zero-order chi connectivity index (χ0) is 12.1. The number of anilines is 1. The van der Waals surface area contributed by atoms with Crippen LogP contribution in [0.15, 0.2) is 18.2 Å². The van der Waals surface area contributed by atoms with E-state index < -0.39 is 6.04 Å². The minimum Gasteiger partial charge on any atom is -0.323 e. The lowest BCUT2D eigenvalue weighted by Crippen LogP contribution is -2.35. The Kier molecular flexibility index (Phi) is 5.51. The Hall–Kier alpha value is -0.330. The molecule has 1 rings (SSSR count). The van der Waals surface area contributed by atoms with Crippen molar-refractivity contribution >= 4 is 45.8 Å². The van der Waals surface area contributed by atoms with Crippen molar-refractivity contribution in [1.29, 1.82) is 0 Å². The number of nitrogens with one attached hydrogen (secondary N) is 1. The highest BCUT2D eigenvalue weighted by Gasteiger charge is 2.13. The molecule has 0 saturated carbocycles. The SMILES string of the molecule is CCC[C@H](N)C(=O)Nc1ccc(I)cc1Cl. The van der Waals surface area contributed by atoms with Crippen molar-refractivity contribution in [3.8, 4) is 0 Å². The summed E-state index contributed by atoms with van der Waals surface area (Å²) in [5.41, 5.74) is 6.31. The van der Waals surface area contributed by atoms with E-state index in [2.05, 4.69) is 27.9 Å². The van der Waals surface area contributed by atoms with Gasteiger partial charge >= 0.3 is 0 Å². The summed E-state index contributed by atoms with van der Waals surface area (Å²) < 4.78 is 1.03. The summed E-state index contributed by atoms with van der Waals surface area (Å²) in [5, 5.41) is 3.25. The fourth-order valence-corrected chi connectivity index (χ4v) is 2.16. The maximum atomic E-state index is 11.6. The van der Waals surface area contributed by atoms with E-state index in [9.17, 15) is 4.79 Å². The highest BCUT2D eigenvalue weighted by molar-refractivity contribution is 14.1. The average molecular weight is 353 g/mol. The maximum Gasteiger partial charge on any atom is 0.241 e. The Morgan fingerprint density at radius 2 is 2.31 bits per heavy atom. The first kappa shape index (κ1) is 13.7. The summed E-state index contributed by atoms with van der Waals surface area (Å²) >= 11 is 8.16. The molecule has 0 unspecified atom stereocenters. The zero-order valence-electron chi connectivity index (χ0n) is 8.97. The number of benzene rings is 1. The number of hydrogen-bond donors (Lipinski definition) is 2. The van der Waals surface area contributed by atoms with Crippen LogP contribution in [0.1, 0.15) is 19.8 Å². The van der Waals surface area contributed by atoms with Gasteiger partial charge in [0.1, 0.15) is 0 Å². The van der Waals surface area contributed by atoms with Crippen molar-refractivity contribution < 1.29 is 4.79 Å². The van der Waals surface area contributed by atoms with E-state index in [0.29, 0.717) is 17.1 Å². The van der Waals surface area contributed by atoms with Crippen molar-refractivity contribution in [2.24, 2.45) is 5.73 Å². The highest BCUT2D eigenvalue weighted by Crippen LogP contribution is 2.23. The molecule has 88 valence electrons. The average Bonchev–Trinajstić information content (AvgIpc) is 2.22. The summed E-state index contributed by atoms with van der Waals surface area (Å²) in [7, 11) is 0. The van der Waals surface area contributed by atoms with Crippen LogP contribution in [0.2, 0.25) is 5.02 Å². The molecule has 1 amide bonds. The number of nitrogens with two attached hydrogens (primary N) is 1. The third-order valence-electron chi connectivity index (χ3n) is 2.13. The van der Waals surface area contributed by atoms with E-state index in [1.54, 1.807) is 12.1 Å². The van der Waals surface area contributed by atoms with Crippen LogP contribution in [0, 0.1) is 3.57 Å². The summed E-state index contributed by atoms with van der Waals surface area (Å²) in [6.45, 7) is 1.99. The summed E-state index contributed by atoms with van der Waals surface area (Å²) in [4.78, 5) is 11.6. The van der Waals surface area contributed by atoms with E-state index in [1.807, 2.05) is 13.0 Å². The largest absolute Gasteiger partial charge is 0.323 e. The molecule has 0 saturated heterocycles. The molecule has 1 aromatic rings. The molecule has 1 aromatic carbocycles. The number of amides is 1. The molecule has 1 atom stereocenters. The second kappa shape index (κ2) is 6.42. The van der Waals surface area contributed by atoms with Gasteiger partial charge in [-0.05, 0) is 47.2 Å². The summed E-state index contributed by atoms with van der Waals surface area (Å²) in [6.07, 6.45) is 1.56. The third-order valence-corrected chi connectivity index (χ3v) is 3.11. The standard InChI is InChI=1S/C11H14ClIN2O/c1-2-3-9(14)11(16)15-10-5-4-7(13)6-8(10)12/h4-6,9H,2-3,14H2,1H3,(H,15,16)/t9-/m0/s1. The van der Waals surface area contributed by atoms with E-state index >= 15 is 0 Å². The van der Waals surface area contributed by atoms with Gasteiger partial charge in [0, 0.05) is 3.57 Å². The van der Waals surface area contributed by atoms with E-state index in [0.717, 1.165) is 9.99 Å². The van der Waals surface area contributed by atoms with Crippen molar-refractivity contribution in [2.45, 2.75) is 25.8 Å². The number of halogens is 2. The first-order chi connectivity index (χ1) is 7.54. The molecule has 0 spiro atoms. The molecular weight excluding hydrogens is 338 g/mol. The van der Waals surface area contributed by atoms with Crippen LogP contribution >= 0.6 is 34.2 Å². The van der Waals surface area contributed by atoms with Gasteiger partial charge in [-0.3, -0.25) is 4.79 Å². The molecule has 0 aliphatic heterocycles. The van der Waals surface area contributed by atoms with Gasteiger partial charge in [-0.15, -0.1) is 0 Å². The fraction of sp³-hybridized carbons (Fsp3) is 0.364. The minimum atomic E-state index is -0.472. The second-order valence-electron chi connectivity index (χ2n) is 3.51. The van der Waals surface area contributed by atoms with Crippen molar-refractivity contribution in [3.05, 3.63) is 26.8 Å². The molecule has 3 N–H and O–H groups in total. The highest BCUT2D eigenvalue weighted by atomic mass is 127. The number of carbonyl (C=O) groups excluding carboxylic acids is 1. The van der Waals surface area contributed by atoms with Gasteiger partial charge in [0.15, 0.2) is 0 Å². The Balaban J connectivity index is 2.69. The third kappa shape index (κ3) is 3.92. The van der Waals surface area contributed by atoms with Crippen molar-refractivity contribution in [2.75, 3.05) is 5.32 Å². The van der Waals surface area contributed by atoms with E-state index in [-0.39, 0.29) is 5.91 Å². The predicted octanol–water partition coefficient (Wildman–Crippen LogP) is 3.01. The molecule has 0 fully saturated rings. The van der Waals surface area contributed by atoms with Crippen LogP contribution in [0.25, 0.3) is 0 Å². The Labute approximate surface area is 114 Å². The maximum absolute atomic E-state index is 11.6. The monoisotopic (exact) mass is 352 g/mol. The van der Waals surface area contributed by atoms with Crippen molar-refractivity contribution in [1.82, 2.24) is 0 Å². The van der Waals surface area contributed by atoms with Gasteiger partial charge in [-0.25, -0.2) is 0 Å². The zero-order valence-corrected chi connectivity index (χ0v) is 11.9. The Morgan fingerprint density at radius 3 is 2.88 bits per heavy atom. The summed E-state index contributed by atoms with van der Waals surface area (Å²) in [6, 6.07) is 4.98. The van der Waals surface area contributed by atoms with Gasteiger partial charge in [-0.1, -0.05) is 24.9 Å². The first-order valence-electron chi connectivity index (χ1n) is 5.06. The van der Waals surface area contributed by atoms with Crippen LogP contribution in [0.5, 0.6) is 0 Å². The van der Waals surface area contributed by atoms with Gasteiger partial charge < -0.3 is 11.1 Å². The smallest absolute Gasteiger partial charge is 0.241 e. The number of rotatable bonds is 4. The molecule has 16 heavy (non-hydrogen) atoms. The number of carbonyl (C=O) groups is 1. The van der Waals surface area contributed by atoms with E-state index in [4.69, 9.17) is 17.3 Å². The molecular formula is C11H14ClIN2O.